The fraction of sp³-hybridized carbons (Fsp3) is 0.353. The predicted octanol–water partition coefficient (Wildman–Crippen LogP) is 2.86. The molecule has 6 heteroatoms. The second-order valence-corrected chi connectivity index (χ2v) is 6.09. The van der Waals surface area contributed by atoms with Crippen molar-refractivity contribution in [2.75, 3.05) is 13.1 Å². The monoisotopic (exact) mass is 309 g/mol. The topological polar surface area (TPSA) is 60.0 Å². The molecule has 1 aliphatic rings. The Morgan fingerprint density at radius 1 is 1.17 bits per heavy atom. The Morgan fingerprint density at radius 3 is 2.65 bits per heavy atom. The van der Waals surface area contributed by atoms with Gasteiger partial charge in [0.05, 0.1) is 18.3 Å². The minimum absolute atomic E-state index is 0.118. The van der Waals surface area contributed by atoms with E-state index in [1.165, 1.54) is 5.56 Å². The van der Waals surface area contributed by atoms with Crippen molar-refractivity contribution < 1.29 is 4.42 Å². The number of rotatable bonds is 4. The first-order chi connectivity index (χ1) is 11.2. The van der Waals surface area contributed by atoms with Crippen LogP contribution in [0.3, 0.4) is 0 Å². The molecule has 0 saturated carbocycles. The third-order valence-electron chi connectivity index (χ3n) is 4.36. The van der Waals surface area contributed by atoms with Crippen LogP contribution in [-0.4, -0.2) is 38.0 Å². The number of hydrogen-bond acceptors (Lipinski definition) is 5. The van der Waals surface area contributed by atoms with Gasteiger partial charge in [0.15, 0.2) is 0 Å². The van der Waals surface area contributed by atoms with Crippen LogP contribution in [0.4, 0.5) is 0 Å². The van der Waals surface area contributed by atoms with E-state index in [2.05, 4.69) is 40.2 Å². The number of likely N-dealkylation sites (tertiary alicyclic amines) is 1. The van der Waals surface area contributed by atoms with E-state index in [0.29, 0.717) is 17.8 Å². The van der Waals surface area contributed by atoms with Gasteiger partial charge in [0.25, 0.3) is 0 Å². The van der Waals surface area contributed by atoms with E-state index < -0.39 is 0 Å². The molecule has 0 N–H and O–H groups in total. The summed E-state index contributed by atoms with van der Waals surface area (Å²) in [5.74, 6) is 1.24. The molecule has 0 bridgehead atoms. The summed E-state index contributed by atoms with van der Waals surface area (Å²) in [6, 6.07) is 10.4. The van der Waals surface area contributed by atoms with E-state index >= 15 is 0 Å². The molecule has 1 saturated heterocycles. The quantitative estimate of drug-likeness (QED) is 0.741. The minimum atomic E-state index is 0.118. The molecular weight excluding hydrogens is 290 g/mol. The fourth-order valence-corrected chi connectivity index (χ4v) is 2.86. The molecule has 4 rings (SSSR count). The number of hydrogen-bond donors (Lipinski definition) is 0. The summed E-state index contributed by atoms with van der Waals surface area (Å²) in [6.07, 6.45) is 3.99. The molecule has 0 radical (unpaired) electrons. The molecule has 1 aromatic carbocycles. The summed E-state index contributed by atoms with van der Waals surface area (Å²) in [5, 5.41) is 12.8. The predicted molar refractivity (Wildman–Crippen MR) is 85.7 cm³/mol. The standard InChI is InChI=1S/C17H19N5O/c1-12-8-18-22(9-12)15-10-21(11-15)13(2)16-19-20-17(23-16)14-6-4-3-5-7-14/h3-9,13,15H,10-11H2,1-2H3/t13-/m0/s1. The average Bonchev–Trinajstić information content (AvgIpc) is 3.16. The first-order valence-corrected chi connectivity index (χ1v) is 7.84. The van der Waals surface area contributed by atoms with E-state index in [0.717, 1.165) is 18.7 Å². The van der Waals surface area contributed by atoms with Crippen molar-refractivity contribution in [2.45, 2.75) is 25.9 Å². The van der Waals surface area contributed by atoms with E-state index in [1.807, 2.05) is 41.2 Å². The normalized spacial score (nSPS) is 17.1. The molecule has 0 unspecified atom stereocenters. The highest BCUT2D eigenvalue weighted by Gasteiger charge is 2.34. The maximum Gasteiger partial charge on any atom is 0.247 e. The van der Waals surface area contributed by atoms with Crippen LogP contribution in [0.15, 0.2) is 47.1 Å². The summed E-state index contributed by atoms with van der Waals surface area (Å²) >= 11 is 0. The fourth-order valence-electron chi connectivity index (χ4n) is 2.86. The summed E-state index contributed by atoms with van der Waals surface area (Å²) in [5.41, 5.74) is 2.15. The molecule has 0 aliphatic carbocycles. The number of nitrogens with zero attached hydrogens (tertiary/aromatic N) is 5. The highest BCUT2D eigenvalue weighted by Crippen LogP contribution is 2.31. The van der Waals surface area contributed by atoms with Crippen LogP contribution in [0.2, 0.25) is 0 Å². The van der Waals surface area contributed by atoms with Crippen molar-refractivity contribution in [2.24, 2.45) is 0 Å². The Bertz CT molecular complexity index is 788. The highest BCUT2D eigenvalue weighted by molar-refractivity contribution is 5.51. The van der Waals surface area contributed by atoms with Gasteiger partial charge in [-0.05, 0) is 31.5 Å². The van der Waals surface area contributed by atoms with Gasteiger partial charge in [-0.1, -0.05) is 18.2 Å². The van der Waals surface area contributed by atoms with Gasteiger partial charge in [0, 0.05) is 24.8 Å². The van der Waals surface area contributed by atoms with Crippen LogP contribution in [0.25, 0.3) is 11.5 Å². The molecule has 1 atom stereocenters. The largest absolute Gasteiger partial charge is 0.419 e. The van der Waals surface area contributed by atoms with Gasteiger partial charge in [0.1, 0.15) is 0 Å². The van der Waals surface area contributed by atoms with Crippen LogP contribution in [0, 0.1) is 6.92 Å². The summed E-state index contributed by atoms with van der Waals surface area (Å²) in [4.78, 5) is 2.32. The van der Waals surface area contributed by atoms with Gasteiger partial charge in [-0.3, -0.25) is 9.58 Å². The van der Waals surface area contributed by atoms with Crippen LogP contribution in [-0.2, 0) is 0 Å². The molecule has 118 valence electrons. The molecule has 0 spiro atoms. The van der Waals surface area contributed by atoms with Gasteiger partial charge >= 0.3 is 0 Å². The van der Waals surface area contributed by atoms with Crippen LogP contribution >= 0.6 is 0 Å². The number of aryl methyl sites for hydroxylation is 1. The maximum absolute atomic E-state index is 5.85. The van der Waals surface area contributed by atoms with Crippen molar-refractivity contribution in [3.63, 3.8) is 0 Å². The van der Waals surface area contributed by atoms with E-state index in [1.54, 1.807) is 0 Å². The lowest BCUT2D eigenvalue weighted by atomic mass is 10.1. The zero-order valence-electron chi connectivity index (χ0n) is 13.3. The molecule has 2 aromatic heterocycles. The first-order valence-electron chi connectivity index (χ1n) is 7.84. The smallest absolute Gasteiger partial charge is 0.247 e. The van der Waals surface area contributed by atoms with E-state index in [4.69, 9.17) is 4.42 Å². The lowest BCUT2D eigenvalue weighted by molar-refractivity contribution is 0.0484. The molecule has 3 heterocycles. The third kappa shape index (κ3) is 2.66. The highest BCUT2D eigenvalue weighted by atomic mass is 16.4. The van der Waals surface area contributed by atoms with Gasteiger partial charge in [-0.2, -0.15) is 5.10 Å². The van der Waals surface area contributed by atoms with Crippen molar-refractivity contribution in [3.8, 4) is 11.5 Å². The Balaban J connectivity index is 1.43. The molecule has 1 aliphatic heterocycles. The van der Waals surface area contributed by atoms with Gasteiger partial charge in [-0.15, -0.1) is 10.2 Å². The number of benzene rings is 1. The van der Waals surface area contributed by atoms with Crippen LogP contribution in [0.1, 0.15) is 30.5 Å². The van der Waals surface area contributed by atoms with Gasteiger partial charge in [-0.25, -0.2) is 0 Å². The Hall–Kier alpha value is -2.47. The Labute approximate surface area is 134 Å². The second-order valence-electron chi connectivity index (χ2n) is 6.09. The zero-order chi connectivity index (χ0) is 15.8. The molecule has 23 heavy (non-hydrogen) atoms. The van der Waals surface area contributed by atoms with Crippen molar-refractivity contribution in [3.05, 3.63) is 54.2 Å². The molecular formula is C17H19N5O. The molecule has 6 nitrogen and oxygen atoms in total. The Kier molecular flexibility index (Phi) is 3.46. The Morgan fingerprint density at radius 2 is 1.96 bits per heavy atom. The maximum atomic E-state index is 5.85. The minimum Gasteiger partial charge on any atom is -0.419 e. The SMILES string of the molecule is Cc1cnn(C2CN([C@@H](C)c3nnc(-c4ccccc4)o3)C2)c1. The zero-order valence-corrected chi connectivity index (χ0v) is 13.3. The molecule has 3 aromatic rings. The van der Waals surface area contributed by atoms with Gasteiger partial charge < -0.3 is 4.42 Å². The summed E-state index contributed by atoms with van der Waals surface area (Å²) in [6.45, 7) is 6.07. The second kappa shape index (κ2) is 5.62. The van der Waals surface area contributed by atoms with Crippen LogP contribution in [0.5, 0.6) is 0 Å². The van der Waals surface area contributed by atoms with Crippen LogP contribution < -0.4 is 0 Å². The van der Waals surface area contributed by atoms with Crippen molar-refractivity contribution in [1.82, 2.24) is 24.9 Å². The lowest BCUT2D eigenvalue weighted by Gasteiger charge is -2.41. The molecule has 0 amide bonds. The third-order valence-corrected chi connectivity index (χ3v) is 4.36. The van der Waals surface area contributed by atoms with Gasteiger partial charge in [0.2, 0.25) is 11.8 Å². The average molecular weight is 309 g/mol. The first kappa shape index (κ1) is 14.1. The summed E-state index contributed by atoms with van der Waals surface area (Å²) < 4.78 is 7.89. The van der Waals surface area contributed by atoms with E-state index in [9.17, 15) is 0 Å². The summed E-state index contributed by atoms with van der Waals surface area (Å²) in [7, 11) is 0. The van der Waals surface area contributed by atoms with Crippen molar-refractivity contribution >= 4 is 0 Å². The van der Waals surface area contributed by atoms with E-state index in [-0.39, 0.29) is 6.04 Å². The van der Waals surface area contributed by atoms with Crippen molar-refractivity contribution in [1.29, 1.82) is 0 Å². The molecule has 1 fully saturated rings. The lowest BCUT2D eigenvalue weighted by Crippen LogP contribution is -2.48. The number of aromatic nitrogens is 4.